The molecule has 1 aliphatic rings. The Hall–Kier alpha value is -1.62. The molecule has 2 amide bonds. The minimum absolute atomic E-state index is 0.0240. The second-order valence-corrected chi connectivity index (χ2v) is 4.39. The van der Waals surface area contributed by atoms with Gasteiger partial charge in [0.1, 0.15) is 6.04 Å². The summed E-state index contributed by atoms with van der Waals surface area (Å²) in [5.41, 5.74) is 0.131. The number of halogens is 2. The molecular formula is C12H12ClFN2O2. The van der Waals surface area contributed by atoms with E-state index in [1.165, 1.54) is 12.1 Å². The van der Waals surface area contributed by atoms with Crippen molar-refractivity contribution in [1.82, 2.24) is 4.90 Å². The number of benzene rings is 1. The van der Waals surface area contributed by atoms with Gasteiger partial charge in [-0.1, -0.05) is 17.7 Å². The Morgan fingerprint density at radius 2 is 2.22 bits per heavy atom. The number of imide groups is 1. The molecule has 4 nitrogen and oxygen atoms in total. The average Bonchev–Trinajstić information content (AvgIpc) is 2.60. The lowest BCUT2D eigenvalue weighted by atomic mass is 10.2. The number of hydrogen-bond acceptors (Lipinski definition) is 3. The predicted molar refractivity (Wildman–Crippen MR) is 65.8 cm³/mol. The molecule has 1 N–H and O–H groups in total. The lowest BCUT2D eigenvalue weighted by Crippen LogP contribution is -2.34. The number of amides is 2. The van der Waals surface area contributed by atoms with Gasteiger partial charge in [0.15, 0.2) is 5.82 Å². The Morgan fingerprint density at radius 3 is 2.83 bits per heavy atom. The minimum atomic E-state index is -0.717. The van der Waals surface area contributed by atoms with Crippen LogP contribution in [0.25, 0.3) is 0 Å². The molecule has 1 unspecified atom stereocenters. The fourth-order valence-corrected chi connectivity index (χ4v) is 2.11. The molecule has 0 aliphatic carbocycles. The molecule has 18 heavy (non-hydrogen) atoms. The normalized spacial score (nSPS) is 19.5. The Balaban J connectivity index is 2.18. The molecule has 0 aromatic heterocycles. The Kier molecular flexibility index (Phi) is 3.52. The Bertz CT molecular complexity index is 507. The summed E-state index contributed by atoms with van der Waals surface area (Å²) in [6.45, 7) is 2.05. The molecule has 0 spiro atoms. The van der Waals surface area contributed by atoms with Crippen molar-refractivity contribution in [2.24, 2.45) is 0 Å². The van der Waals surface area contributed by atoms with Crippen LogP contribution in [0.5, 0.6) is 0 Å². The van der Waals surface area contributed by atoms with Crippen LogP contribution in [0, 0.1) is 5.82 Å². The maximum atomic E-state index is 13.7. The number of rotatable bonds is 3. The first kappa shape index (κ1) is 12.8. The SMILES string of the molecule is CCN1C(=O)CC(Nc2cccc(Cl)c2F)C1=O. The van der Waals surface area contributed by atoms with Crippen molar-refractivity contribution in [3.63, 3.8) is 0 Å². The van der Waals surface area contributed by atoms with E-state index < -0.39 is 11.9 Å². The quantitative estimate of drug-likeness (QED) is 0.855. The number of carbonyl (C=O) groups excluding carboxylic acids is 2. The largest absolute Gasteiger partial charge is 0.371 e. The van der Waals surface area contributed by atoms with Crippen LogP contribution in [-0.4, -0.2) is 29.3 Å². The van der Waals surface area contributed by atoms with Gasteiger partial charge < -0.3 is 5.32 Å². The van der Waals surface area contributed by atoms with Gasteiger partial charge >= 0.3 is 0 Å². The summed E-state index contributed by atoms with van der Waals surface area (Å²) in [7, 11) is 0. The van der Waals surface area contributed by atoms with Gasteiger partial charge in [0.25, 0.3) is 5.91 Å². The zero-order chi connectivity index (χ0) is 13.3. The molecule has 1 fully saturated rings. The van der Waals surface area contributed by atoms with E-state index in [0.29, 0.717) is 6.54 Å². The third-order valence-electron chi connectivity index (χ3n) is 2.84. The molecule has 1 atom stereocenters. The number of carbonyl (C=O) groups is 2. The smallest absolute Gasteiger partial charge is 0.252 e. The van der Waals surface area contributed by atoms with Crippen LogP contribution in [0.15, 0.2) is 18.2 Å². The van der Waals surface area contributed by atoms with Crippen LogP contribution in [0.3, 0.4) is 0 Å². The number of likely N-dealkylation sites (N-methyl/N-ethyl adjacent to an activating group) is 1. The molecule has 0 bridgehead atoms. The lowest BCUT2D eigenvalue weighted by molar-refractivity contribution is -0.138. The van der Waals surface area contributed by atoms with Gasteiger partial charge in [0, 0.05) is 6.54 Å². The third-order valence-corrected chi connectivity index (χ3v) is 3.13. The maximum Gasteiger partial charge on any atom is 0.252 e. The van der Waals surface area contributed by atoms with Crippen molar-refractivity contribution < 1.29 is 14.0 Å². The van der Waals surface area contributed by atoms with Crippen LogP contribution in [-0.2, 0) is 9.59 Å². The number of nitrogens with zero attached hydrogens (tertiary/aromatic N) is 1. The van der Waals surface area contributed by atoms with Gasteiger partial charge in [0.05, 0.1) is 17.1 Å². The summed E-state index contributed by atoms with van der Waals surface area (Å²) < 4.78 is 13.7. The third kappa shape index (κ3) is 2.18. The van der Waals surface area contributed by atoms with E-state index in [1.807, 2.05) is 0 Å². The monoisotopic (exact) mass is 270 g/mol. The summed E-state index contributed by atoms with van der Waals surface area (Å²) in [5, 5.41) is 2.70. The van der Waals surface area contributed by atoms with Gasteiger partial charge in [0.2, 0.25) is 5.91 Å². The molecule has 1 saturated heterocycles. The molecule has 96 valence electrons. The topological polar surface area (TPSA) is 49.4 Å². The van der Waals surface area contributed by atoms with Gasteiger partial charge in [-0.2, -0.15) is 0 Å². The van der Waals surface area contributed by atoms with Crippen LogP contribution in [0.4, 0.5) is 10.1 Å². The van der Waals surface area contributed by atoms with E-state index >= 15 is 0 Å². The Morgan fingerprint density at radius 1 is 1.50 bits per heavy atom. The molecule has 1 aromatic carbocycles. The number of likely N-dealkylation sites (tertiary alicyclic amines) is 1. The summed E-state index contributed by atoms with van der Waals surface area (Å²) >= 11 is 5.64. The van der Waals surface area contributed by atoms with E-state index in [9.17, 15) is 14.0 Å². The zero-order valence-electron chi connectivity index (χ0n) is 9.74. The van der Waals surface area contributed by atoms with Gasteiger partial charge in [-0.3, -0.25) is 14.5 Å². The van der Waals surface area contributed by atoms with E-state index in [4.69, 9.17) is 11.6 Å². The van der Waals surface area contributed by atoms with Crippen molar-refractivity contribution in [3.05, 3.63) is 29.0 Å². The van der Waals surface area contributed by atoms with Crippen LogP contribution < -0.4 is 5.32 Å². The van der Waals surface area contributed by atoms with E-state index in [0.717, 1.165) is 4.90 Å². The zero-order valence-corrected chi connectivity index (χ0v) is 10.5. The molecular weight excluding hydrogens is 259 g/mol. The van der Waals surface area contributed by atoms with Gasteiger partial charge in [-0.25, -0.2) is 4.39 Å². The van der Waals surface area contributed by atoms with Gasteiger partial charge in [-0.15, -0.1) is 0 Å². The van der Waals surface area contributed by atoms with E-state index in [-0.39, 0.29) is 28.9 Å². The fourth-order valence-electron chi connectivity index (χ4n) is 1.93. The standard InChI is InChI=1S/C12H12ClFN2O2/c1-2-16-10(17)6-9(12(16)18)15-8-5-3-4-7(13)11(8)14/h3-5,9,15H,2,6H2,1H3. The molecule has 1 heterocycles. The van der Waals surface area contributed by atoms with Crippen LogP contribution in [0.2, 0.25) is 5.02 Å². The van der Waals surface area contributed by atoms with Crippen molar-refractivity contribution >= 4 is 29.1 Å². The van der Waals surface area contributed by atoms with E-state index in [1.54, 1.807) is 13.0 Å². The lowest BCUT2D eigenvalue weighted by Gasteiger charge is -2.14. The summed E-state index contributed by atoms with van der Waals surface area (Å²) in [6, 6.07) is 3.76. The molecule has 1 aliphatic heterocycles. The molecule has 2 rings (SSSR count). The highest BCUT2D eigenvalue weighted by molar-refractivity contribution is 6.31. The summed E-state index contributed by atoms with van der Waals surface area (Å²) in [4.78, 5) is 24.5. The Labute approximate surface area is 109 Å². The first-order valence-electron chi connectivity index (χ1n) is 5.59. The number of hydrogen-bond donors (Lipinski definition) is 1. The molecule has 0 radical (unpaired) electrons. The highest BCUT2D eigenvalue weighted by Crippen LogP contribution is 2.25. The van der Waals surface area contributed by atoms with Crippen molar-refractivity contribution in [2.45, 2.75) is 19.4 Å². The fraction of sp³-hybridized carbons (Fsp3) is 0.333. The van der Waals surface area contributed by atoms with Crippen LogP contribution in [0.1, 0.15) is 13.3 Å². The molecule has 6 heteroatoms. The summed E-state index contributed by atoms with van der Waals surface area (Å²) in [6.07, 6.45) is 0.0403. The highest BCUT2D eigenvalue weighted by Gasteiger charge is 2.37. The first-order chi connectivity index (χ1) is 8.54. The number of anilines is 1. The van der Waals surface area contributed by atoms with Crippen molar-refractivity contribution in [3.8, 4) is 0 Å². The van der Waals surface area contributed by atoms with Crippen molar-refractivity contribution in [1.29, 1.82) is 0 Å². The average molecular weight is 271 g/mol. The summed E-state index contributed by atoms with van der Waals surface area (Å²) in [5.74, 6) is -1.20. The second-order valence-electron chi connectivity index (χ2n) is 3.98. The minimum Gasteiger partial charge on any atom is -0.371 e. The molecule has 1 aromatic rings. The maximum absolute atomic E-state index is 13.7. The highest BCUT2D eigenvalue weighted by atomic mass is 35.5. The van der Waals surface area contributed by atoms with Gasteiger partial charge in [-0.05, 0) is 19.1 Å². The predicted octanol–water partition coefficient (Wildman–Crippen LogP) is 2.04. The van der Waals surface area contributed by atoms with Crippen molar-refractivity contribution in [2.75, 3.05) is 11.9 Å². The second kappa shape index (κ2) is 4.94. The van der Waals surface area contributed by atoms with Crippen LogP contribution >= 0.6 is 11.6 Å². The first-order valence-corrected chi connectivity index (χ1v) is 5.97. The van der Waals surface area contributed by atoms with E-state index in [2.05, 4.69) is 5.32 Å². The molecule has 0 saturated carbocycles. The number of nitrogens with one attached hydrogen (secondary N) is 1.